The van der Waals surface area contributed by atoms with Gasteiger partial charge < -0.3 is 9.26 Å². The van der Waals surface area contributed by atoms with Crippen LogP contribution in [0.5, 0.6) is 5.75 Å². The Kier molecular flexibility index (Phi) is 5.77. The largest absolute Gasteiger partial charge is 0.493 e. The third-order valence-electron chi connectivity index (χ3n) is 4.50. The molecule has 0 radical (unpaired) electrons. The SMILES string of the molecule is Cc1cc(CCCOc2c(C)cc(-c3ccc(C(F)(F)F)cc3)cc2C)on1. The van der Waals surface area contributed by atoms with Crippen LogP contribution in [-0.4, -0.2) is 11.8 Å². The van der Waals surface area contributed by atoms with Crippen molar-refractivity contribution in [2.24, 2.45) is 0 Å². The molecule has 1 aromatic heterocycles. The number of benzene rings is 2. The maximum Gasteiger partial charge on any atom is 0.416 e. The summed E-state index contributed by atoms with van der Waals surface area (Å²) < 4.78 is 49.3. The number of hydrogen-bond acceptors (Lipinski definition) is 3. The summed E-state index contributed by atoms with van der Waals surface area (Å²) >= 11 is 0. The van der Waals surface area contributed by atoms with E-state index >= 15 is 0 Å². The number of rotatable bonds is 6. The van der Waals surface area contributed by atoms with Gasteiger partial charge in [-0.15, -0.1) is 0 Å². The van der Waals surface area contributed by atoms with Crippen LogP contribution in [0.3, 0.4) is 0 Å². The molecule has 0 aliphatic rings. The van der Waals surface area contributed by atoms with Crippen LogP contribution in [0.4, 0.5) is 13.2 Å². The lowest BCUT2D eigenvalue weighted by molar-refractivity contribution is -0.137. The van der Waals surface area contributed by atoms with Crippen LogP contribution in [0.1, 0.15) is 34.6 Å². The topological polar surface area (TPSA) is 35.3 Å². The van der Waals surface area contributed by atoms with Crippen molar-refractivity contribution in [1.82, 2.24) is 5.16 Å². The Morgan fingerprint density at radius 1 is 0.929 bits per heavy atom. The van der Waals surface area contributed by atoms with Gasteiger partial charge in [0.15, 0.2) is 0 Å². The third-order valence-corrected chi connectivity index (χ3v) is 4.50. The maximum absolute atomic E-state index is 12.7. The average Bonchev–Trinajstić information content (AvgIpc) is 3.05. The van der Waals surface area contributed by atoms with E-state index in [1.54, 1.807) is 0 Å². The highest BCUT2D eigenvalue weighted by Gasteiger charge is 2.30. The number of ether oxygens (including phenoxy) is 1. The molecule has 0 saturated heterocycles. The number of alkyl halides is 3. The van der Waals surface area contributed by atoms with Gasteiger partial charge in [-0.05, 0) is 73.7 Å². The fourth-order valence-corrected chi connectivity index (χ4v) is 3.15. The lowest BCUT2D eigenvalue weighted by atomic mass is 9.99. The predicted molar refractivity (Wildman–Crippen MR) is 101 cm³/mol. The third kappa shape index (κ3) is 4.74. The van der Waals surface area contributed by atoms with E-state index in [1.807, 2.05) is 39.0 Å². The van der Waals surface area contributed by atoms with Crippen molar-refractivity contribution in [1.29, 1.82) is 0 Å². The van der Waals surface area contributed by atoms with Crippen molar-refractivity contribution in [3.05, 3.63) is 70.6 Å². The minimum atomic E-state index is -4.33. The smallest absolute Gasteiger partial charge is 0.416 e. The first-order chi connectivity index (χ1) is 13.2. The molecule has 148 valence electrons. The zero-order valence-corrected chi connectivity index (χ0v) is 16.1. The van der Waals surface area contributed by atoms with Crippen LogP contribution in [0.2, 0.25) is 0 Å². The van der Waals surface area contributed by atoms with Crippen molar-refractivity contribution >= 4 is 0 Å². The van der Waals surface area contributed by atoms with E-state index in [0.717, 1.165) is 64.4 Å². The van der Waals surface area contributed by atoms with Crippen molar-refractivity contribution in [3.8, 4) is 16.9 Å². The minimum Gasteiger partial charge on any atom is -0.493 e. The van der Waals surface area contributed by atoms with Gasteiger partial charge in [0.25, 0.3) is 0 Å². The zero-order valence-electron chi connectivity index (χ0n) is 16.1. The fraction of sp³-hybridized carbons (Fsp3) is 0.318. The van der Waals surface area contributed by atoms with E-state index in [4.69, 9.17) is 9.26 Å². The average molecular weight is 389 g/mol. The van der Waals surface area contributed by atoms with Gasteiger partial charge in [0.2, 0.25) is 0 Å². The summed E-state index contributed by atoms with van der Waals surface area (Å²) in [6, 6.07) is 11.0. The molecule has 0 N–H and O–H groups in total. The molecule has 0 spiro atoms. The Labute approximate surface area is 162 Å². The molecule has 3 rings (SSSR count). The van der Waals surface area contributed by atoms with Gasteiger partial charge in [0.1, 0.15) is 11.5 Å². The first-order valence-electron chi connectivity index (χ1n) is 9.08. The van der Waals surface area contributed by atoms with E-state index < -0.39 is 11.7 Å². The molecule has 1 heterocycles. The normalized spacial score (nSPS) is 11.6. The van der Waals surface area contributed by atoms with Crippen LogP contribution in [0, 0.1) is 20.8 Å². The number of nitrogens with zero attached hydrogens (tertiary/aromatic N) is 1. The highest BCUT2D eigenvalue weighted by molar-refractivity contribution is 5.67. The summed E-state index contributed by atoms with van der Waals surface area (Å²) in [6.45, 7) is 6.31. The first kappa shape index (κ1) is 20.0. The number of hydrogen-bond donors (Lipinski definition) is 0. The maximum atomic E-state index is 12.7. The molecule has 0 atom stereocenters. The van der Waals surface area contributed by atoms with Crippen LogP contribution in [-0.2, 0) is 12.6 Å². The van der Waals surface area contributed by atoms with Crippen LogP contribution in [0.15, 0.2) is 47.0 Å². The van der Waals surface area contributed by atoms with Crippen molar-refractivity contribution in [2.75, 3.05) is 6.61 Å². The molecular formula is C22H22F3NO2. The van der Waals surface area contributed by atoms with Gasteiger partial charge in [-0.1, -0.05) is 17.3 Å². The van der Waals surface area contributed by atoms with Gasteiger partial charge in [-0.3, -0.25) is 0 Å². The van der Waals surface area contributed by atoms with Gasteiger partial charge in [0, 0.05) is 12.5 Å². The van der Waals surface area contributed by atoms with E-state index in [-0.39, 0.29) is 0 Å². The summed E-state index contributed by atoms with van der Waals surface area (Å²) in [6.07, 6.45) is -2.77. The summed E-state index contributed by atoms with van der Waals surface area (Å²) in [5, 5.41) is 3.86. The highest BCUT2D eigenvalue weighted by atomic mass is 19.4. The molecule has 0 unspecified atom stereocenters. The zero-order chi connectivity index (χ0) is 20.3. The number of aryl methyl sites for hydroxylation is 4. The second-order valence-corrected chi connectivity index (χ2v) is 6.90. The summed E-state index contributed by atoms with van der Waals surface area (Å²) in [7, 11) is 0. The van der Waals surface area contributed by atoms with E-state index in [2.05, 4.69) is 5.16 Å². The predicted octanol–water partition coefficient (Wildman–Crippen LogP) is 6.30. The molecule has 2 aromatic carbocycles. The van der Waals surface area contributed by atoms with Crippen LogP contribution in [0.25, 0.3) is 11.1 Å². The lowest BCUT2D eigenvalue weighted by Crippen LogP contribution is -2.04. The second kappa shape index (κ2) is 8.09. The molecule has 0 amide bonds. The van der Waals surface area contributed by atoms with Crippen LogP contribution < -0.4 is 4.74 Å². The van der Waals surface area contributed by atoms with E-state index in [0.29, 0.717) is 6.61 Å². The monoisotopic (exact) mass is 389 g/mol. The molecule has 6 heteroatoms. The molecule has 0 fully saturated rings. The standard InChI is InChI=1S/C22H22F3NO2/c1-14-11-18(17-6-8-19(9-7-17)22(23,24)25)12-15(2)21(14)27-10-4-5-20-13-16(3)26-28-20/h6-9,11-13H,4-5,10H2,1-3H3. The van der Waals surface area contributed by atoms with Gasteiger partial charge >= 0.3 is 6.18 Å². The first-order valence-corrected chi connectivity index (χ1v) is 9.08. The van der Waals surface area contributed by atoms with E-state index in [9.17, 15) is 13.2 Å². The molecule has 0 aliphatic carbocycles. The minimum absolute atomic E-state index is 0.543. The fourth-order valence-electron chi connectivity index (χ4n) is 3.15. The Morgan fingerprint density at radius 3 is 2.11 bits per heavy atom. The van der Waals surface area contributed by atoms with Crippen molar-refractivity contribution in [3.63, 3.8) is 0 Å². The molecule has 0 aliphatic heterocycles. The molecule has 0 saturated carbocycles. The Morgan fingerprint density at radius 2 is 1.57 bits per heavy atom. The highest BCUT2D eigenvalue weighted by Crippen LogP contribution is 2.33. The van der Waals surface area contributed by atoms with Crippen molar-refractivity contribution < 1.29 is 22.4 Å². The number of aromatic nitrogens is 1. The Balaban J connectivity index is 1.66. The molecule has 0 bridgehead atoms. The summed E-state index contributed by atoms with van der Waals surface area (Å²) in [5.74, 6) is 1.65. The van der Waals surface area contributed by atoms with Crippen molar-refractivity contribution in [2.45, 2.75) is 39.8 Å². The summed E-state index contributed by atoms with van der Waals surface area (Å²) in [4.78, 5) is 0. The summed E-state index contributed by atoms with van der Waals surface area (Å²) in [5.41, 5.74) is 3.73. The molecule has 28 heavy (non-hydrogen) atoms. The Bertz CT molecular complexity index is 920. The Hall–Kier alpha value is -2.76. The quantitative estimate of drug-likeness (QED) is 0.464. The molecule has 3 aromatic rings. The molecular weight excluding hydrogens is 367 g/mol. The van der Waals surface area contributed by atoms with Gasteiger partial charge in [-0.25, -0.2) is 0 Å². The molecule has 3 nitrogen and oxygen atoms in total. The van der Waals surface area contributed by atoms with Gasteiger partial charge in [-0.2, -0.15) is 13.2 Å². The van der Waals surface area contributed by atoms with E-state index in [1.165, 1.54) is 12.1 Å². The second-order valence-electron chi connectivity index (χ2n) is 6.90. The lowest BCUT2D eigenvalue weighted by Gasteiger charge is -2.14. The van der Waals surface area contributed by atoms with Gasteiger partial charge in [0.05, 0.1) is 17.9 Å². The van der Waals surface area contributed by atoms with Crippen LogP contribution >= 0.6 is 0 Å². The number of halogens is 3.